The van der Waals surface area contributed by atoms with E-state index >= 15 is 0 Å². The predicted octanol–water partition coefficient (Wildman–Crippen LogP) is 1.21. The van der Waals surface area contributed by atoms with E-state index in [1.165, 1.54) is 0 Å². The Kier molecular flexibility index (Phi) is 8.21. The summed E-state index contributed by atoms with van der Waals surface area (Å²) in [6.45, 7) is 10.6. The number of hydrogen-bond donors (Lipinski definition) is 1. The molecule has 0 bridgehead atoms. The van der Waals surface area contributed by atoms with Crippen molar-refractivity contribution in [3.05, 3.63) is 12.7 Å². The molecular formula is C12H23ClN2O2. The quantitative estimate of drug-likeness (QED) is 0.598. The number of carbonyl (C=O) groups excluding carboxylic acids is 1. The van der Waals surface area contributed by atoms with Gasteiger partial charge in [0.2, 0.25) is 0 Å². The maximum absolute atomic E-state index is 12.1. The fourth-order valence-electron chi connectivity index (χ4n) is 1.80. The van der Waals surface area contributed by atoms with Crippen molar-refractivity contribution < 1.29 is 9.53 Å². The molecule has 1 fully saturated rings. The Balaban J connectivity index is 0.00000256. The third kappa shape index (κ3) is 5.06. The summed E-state index contributed by atoms with van der Waals surface area (Å²) in [5.41, 5.74) is 0. The Morgan fingerprint density at radius 2 is 2.41 bits per heavy atom. The molecule has 0 radical (unpaired) electrons. The van der Waals surface area contributed by atoms with Crippen LogP contribution >= 0.6 is 12.4 Å². The summed E-state index contributed by atoms with van der Waals surface area (Å²) in [4.78, 5) is 13.9. The van der Waals surface area contributed by atoms with E-state index in [1.807, 2.05) is 11.8 Å². The average molecular weight is 263 g/mol. The van der Waals surface area contributed by atoms with Crippen LogP contribution < -0.4 is 5.32 Å². The molecule has 0 aromatic heterocycles. The van der Waals surface area contributed by atoms with Gasteiger partial charge in [-0.05, 0) is 20.3 Å². The maximum Gasteiger partial charge on any atom is 0.251 e. The van der Waals surface area contributed by atoms with Crippen LogP contribution in [-0.4, -0.2) is 49.2 Å². The predicted molar refractivity (Wildman–Crippen MR) is 71.5 cm³/mol. The van der Waals surface area contributed by atoms with Crippen molar-refractivity contribution in [1.82, 2.24) is 10.2 Å². The van der Waals surface area contributed by atoms with E-state index < -0.39 is 0 Å². The number of amides is 1. The van der Waals surface area contributed by atoms with Gasteiger partial charge in [0.1, 0.15) is 6.10 Å². The molecule has 5 heteroatoms. The van der Waals surface area contributed by atoms with Gasteiger partial charge in [-0.15, -0.1) is 19.0 Å². The molecule has 0 aliphatic carbocycles. The van der Waals surface area contributed by atoms with E-state index in [-0.39, 0.29) is 30.5 Å². The molecule has 0 aromatic carbocycles. The highest BCUT2D eigenvalue weighted by Crippen LogP contribution is 2.07. The number of piperazine rings is 1. The van der Waals surface area contributed by atoms with E-state index in [4.69, 9.17) is 4.74 Å². The fraction of sp³-hybridized carbons (Fsp3) is 0.750. The zero-order valence-corrected chi connectivity index (χ0v) is 11.5. The Morgan fingerprint density at radius 3 is 3.00 bits per heavy atom. The first-order valence-corrected chi connectivity index (χ1v) is 5.90. The van der Waals surface area contributed by atoms with Gasteiger partial charge in [-0.2, -0.15) is 0 Å². The molecule has 0 aromatic rings. The Bertz CT molecular complexity index is 249. The molecule has 17 heavy (non-hydrogen) atoms. The van der Waals surface area contributed by atoms with Crippen molar-refractivity contribution in [2.45, 2.75) is 32.4 Å². The minimum Gasteiger partial charge on any atom is -0.368 e. The molecule has 100 valence electrons. The molecule has 1 aliphatic rings. The van der Waals surface area contributed by atoms with Gasteiger partial charge in [0.05, 0.1) is 6.61 Å². The Labute approximate surface area is 110 Å². The highest BCUT2D eigenvalue weighted by Gasteiger charge is 2.26. The number of nitrogens with one attached hydrogen (secondary N) is 1. The highest BCUT2D eigenvalue weighted by molar-refractivity contribution is 5.85. The second-order valence-electron chi connectivity index (χ2n) is 4.18. The zero-order valence-electron chi connectivity index (χ0n) is 10.6. The number of nitrogens with zero attached hydrogens (tertiary/aromatic N) is 1. The first-order valence-electron chi connectivity index (χ1n) is 5.90. The van der Waals surface area contributed by atoms with E-state index in [2.05, 4.69) is 18.8 Å². The monoisotopic (exact) mass is 262 g/mol. The lowest BCUT2D eigenvalue weighted by Gasteiger charge is -2.35. The van der Waals surface area contributed by atoms with Crippen LogP contribution in [0.2, 0.25) is 0 Å². The minimum atomic E-state index is -0.347. The summed E-state index contributed by atoms with van der Waals surface area (Å²) in [6.07, 6.45) is 2.24. The standard InChI is InChI=1S/C12H22N2O2.ClH/c1-4-5-8-16-11(3)12(15)14-7-6-13-9-10(14)2;/h4,10-11,13H,1,5-9H2,2-3H3;1H/t10-,11?;/m1./s1. The first-order chi connectivity index (χ1) is 7.66. The van der Waals surface area contributed by atoms with Crippen molar-refractivity contribution in [1.29, 1.82) is 0 Å². The number of rotatable bonds is 5. The van der Waals surface area contributed by atoms with Crippen molar-refractivity contribution >= 4 is 18.3 Å². The smallest absolute Gasteiger partial charge is 0.251 e. The summed E-state index contributed by atoms with van der Waals surface area (Å²) in [5, 5.41) is 3.26. The molecule has 1 amide bonds. The lowest BCUT2D eigenvalue weighted by atomic mass is 10.2. The lowest BCUT2D eigenvalue weighted by Crippen LogP contribution is -2.54. The fourth-order valence-corrected chi connectivity index (χ4v) is 1.80. The molecule has 1 rings (SSSR count). The van der Waals surface area contributed by atoms with Crippen LogP contribution in [0.5, 0.6) is 0 Å². The van der Waals surface area contributed by atoms with Crippen molar-refractivity contribution in [3.63, 3.8) is 0 Å². The number of carbonyl (C=O) groups is 1. The summed E-state index contributed by atoms with van der Waals surface area (Å²) < 4.78 is 5.46. The van der Waals surface area contributed by atoms with Crippen LogP contribution in [0.4, 0.5) is 0 Å². The molecule has 1 unspecified atom stereocenters. The highest BCUT2D eigenvalue weighted by atomic mass is 35.5. The van der Waals surface area contributed by atoms with Gasteiger partial charge in [0, 0.05) is 25.7 Å². The summed E-state index contributed by atoms with van der Waals surface area (Å²) >= 11 is 0. The summed E-state index contributed by atoms with van der Waals surface area (Å²) in [6, 6.07) is 0.256. The Morgan fingerprint density at radius 1 is 1.71 bits per heavy atom. The molecular weight excluding hydrogens is 240 g/mol. The normalized spacial score (nSPS) is 21.5. The van der Waals surface area contributed by atoms with E-state index in [0.717, 1.165) is 26.1 Å². The van der Waals surface area contributed by atoms with Gasteiger partial charge in [-0.1, -0.05) is 6.08 Å². The minimum absolute atomic E-state index is 0. The zero-order chi connectivity index (χ0) is 12.0. The second-order valence-corrected chi connectivity index (χ2v) is 4.18. The van der Waals surface area contributed by atoms with Gasteiger partial charge in [-0.25, -0.2) is 0 Å². The average Bonchev–Trinajstić information content (AvgIpc) is 2.29. The second kappa shape index (κ2) is 8.50. The van der Waals surface area contributed by atoms with Crippen LogP contribution in [0, 0.1) is 0 Å². The molecule has 1 saturated heterocycles. The van der Waals surface area contributed by atoms with Crippen LogP contribution in [0.15, 0.2) is 12.7 Å². The summed E-state index contributed by atoms with van der Waals surface area (Å²) in [7, 11) is 0. The number of hydrogen-bond acceptors (Lipinski definition) is 3. The van der Waals surface area contributed by atoms with Crippen LogP contribution in [0.1, 0.15) is 20.3 Å². The molecule has 1 aliphatic heterocycles. The van der Waals surface area contributed by atoms with Crippen molar-refractivity contribution in [2.75, 3.05) is 26.2 Å². The maximum atomic E-state index is 12.1. The van der Waals surface area contributed by atoms with E-state index in [1.54, 1.807) is 6.08 Å². The van der Waals surface area contributed by atoms with Gasteiger partial charge < -0.3 is 15.0 Å². The number of halogens is 1. The summed E-state index contributed by atoms with van der Waals surface area (Å²) in [5.74, 6) is 0.0954. The Hall–Kier alpha value is -0.580. The van der Waals surface area contributed by atoms with Gasteiger partial charge in [-0.3, -0.25) is 4.79 Å². The molecule has 1 N–H and O–H groups in total. The van der Waals surface area contributed by atoms with Crippen LogP contribution in [0.25, 0.3) is 0 Å². The molecule has 2 atom stereocenters. The SMILES string of the molecule is C=CCCOC(C)C(=O)N1CCNC[C@H]1C.Cl. The third-order valence-electron chi connectivity index (χ3n) is 2.82. The number of ether oxygens (including phenoxy) is 1. The molecule has 4 nitrogen and oxygen atoms in total. The van der Waals surface area contributed by atoms with Crippen molar-refractivity contribution in [2.24, 2.45) is 0 Å². The largest absolute Gasteiger partial charge is 0.368 e. The van der Waals surface area contributed by atoms with Gasteiger partial charge >= 0.3 is 0 Å². The van der Waals surface area contributed by atoms with Crippen LogP contribution in [0.3, 0.4) is 0 Å². The van der Waals surface area contributed by atoms with Gasteiger partial charge in [0.15, 0.2) is 0 Å². The third-order valence-corrected chi connectivity index (χ3v) is 2.82. The molecule has 0 spiro atoms. The molecule has 0 saturated carbocycles. The molecule has 1 heterocycles. The first kappa shape index (κ1) is 16.4. The topological polar surface area (TPSA) is 41.6 Å². The van der Waals surface area contributed by atoms with Gasteiger partial charge in [0.25, 0.3) is 5.91 Å². The van der Waals surface area contributed by atoms with Crippen LogP contribution in [-0.2, 0) is 9.53 Å². The van der Waals surface area contributed by atoms with E-state index in [0.29, 0.717) is 6.61 Å². The lowest BCUT2D eigenvalue weighted by molar-refractivity contribution is -0.145. The van der Waals surface area contributed by atoms with Crippen molar-refractivity contribution in [3.8, 4) is 0 Å². The van der Waals surface area contributed by atoms with E-state index in [9.17, 15) is 4.79 Å².